The molecule has 4 fully saturated rings. The summed E-state index contributed by atoms with van der Waals surface area (Å²) in [6, 6.07) is 7.77. The Morgan fingerprint density at radius 2 is 1.95 bits per heavy atom. The van der Waals surface area contributed by atoms with Crippen molar-refractivity contribution in [2.45, 2.75) is 62.8 Å². The van der Waals surface area contributed by atoms with Gasteiger partial charge in [-0.25, -0.2) is 14.2 Å². The van der Waals surface area contributed by atoms with Crippen molar-refractivity contribution in [2.75, 3.05) is 0 Å². The Morgan fingerprint density at radius 1 is 1.17 bits per heavy atom. The van der Waals surface area contributed by atoms with Crippen molar-refractivity contribution in [2.24, 2.45) is 17.3 Å². The number of aliphatic hydroxyl groups is 1. The highest BCUT2D eigenvalue weighted by Crippen LogP contribution is 2.79. The van der Waals surface area contributed by atoms with Crippen LogP contribution in [0, 0.1) is 23.1 Å². The number of fused-ring (bicyclic) bond motifs is 2. The summed E-state index contributed by atoms with van der Waals surface area (Å²) in [4.78, 5) is 16.0. The number of hydrogen-bond acceptors (Lipinski definition) is 7. The minimum Gasteiger partial charge on any atom is -0.478 e. The maximum absolute atomic E-state index is 14.8. The number of hydrogen-bond donors (Lipinski definition) is 2. The third kappa shape index (κ3) is 3.79. The summed E-state index contributed by atoms with van der Waals surface area (Å²) in [5, 5.41) is 27.5. The zero-order chi connectivity index (χ0) is 28.3. The number of nitrogens with zero attached hydrogens (tertiary/aromatic N) is 2. The van der Waals surface area contributed by atoms with Gasteiger partial charge in [0, 0.05) is 22.5 Å². The van der Waals surface area contributed by atoms with Crippen LogP contribution in [0.3, 0.4) is 0 Å². The fraction of sp³-hybridized carbons (Fsp3) is 0.433. The minimum absolute atomic E-state index is 0.0889. The van der Waals surface area contributed by atoms with Crippen molar-refractivity contribution in [3.8, 4) is 11.3 Å². The topological polar surface area (TPSA) is 106 Å². The third-order valence-corrected chi connectivity index (χ3v) is 11.5. The van der Waals surface area contributed by atoms with Crippen LogP contribution in [0.25, 0.3) is 21.5 Å². The molecule has 7 nitrogen and oxygen atoms in total. The molecule has 4 aliphatic rings. The molecule has 4 aliphatic carbocycles. The lowest BCUT2D eigenvalue weighted by Gasteiger charge is -2.44. The second kappa shape index (κ2) is 8.97. The number of rotatable bonds is 7. The Morgan fingerprint density at radius 3 is 2.66 bits per heavy atom. The Hall–Kier alpha value is -2.56. The van der Waals surface area contributed by atoms with Gasteiger partial charge in [0.1, 0.15) is 27.6 Å². The Bertz CT molecular complexity index is 1730. The van der Waals surface area contributed by atoms with Crippen LogP contribution in [0.2, 0.25) is 10.0 Å². The van der Waals surface area contributed by atoms with Gasteiger partial charge in [-0.3, -0.25) is 0 Å². The zero-order valence-electron chi connectivity index (χ0n) is 21.7. The number of thiazole rings is 1. The van der Waals surface area contributed by atoms with Gasteiger partial charge in [-0.2, -0.15) is 0 Å². The molecule has 11 heteroatoms. The lowest BCUT2D eigenvalue weighted by Crippen LogP contribution is -2.48. The highest BCUT2D eigenvalue weighted by molar-refractivity contribution is 7.18. The fourth-order valence-corrected chi connectivity index (χ4v) is 9.47. The minimum atomic E-state index is -1.20. The van der Waals surface area contributed by atoms with Crippen molar-refractivity contribution >= 4 is 50.7 Å². The summed E-state index contributed by atoms with van der Waals surface area (Å²) >= 11 is 14.2. The molecule has 1 spiro atoms. The SMILES string of the molecule is O=C(O)c1cc(F)c2nc([C@]3(O)[C@@H]4CC5C[C@@]53C[C@H](OCc3c(-c5c(Cl)cccc5Cl)noc3C3CC3)C4)sc2c1. The van der Waals surface area contributed by atoms with E-state index in [1.165, 1.54) is 17.4 Å². The van der Waals surface area contributed by atoms with Crippen LogP contribution >= 0.6 is 34.5 Å². The van der Waals surface area contributed by atoms with E-state index in [1.54, 1.807) is 18.2 Å². The predicted octanol–water partition coefficient (Wildman–Crippen LogP) is 7.57. The van der Waals surface area contributed by atoms with Gasteiger partial charge in [-0.15, -0.1) is 11.3 Å². The van der Waals surface area contributed by atoms with Crippen molar-refractivity contribution < 1.29 is 28.7 Å². The number of carboxylic acids is 1. The molecule has 0 amide bonds. The van der Waals surface area contributed by atoms with E-state index in [0.717, 1.165) is 43.1 Å². The Labute approximate surface area is 248 Å². The lowest BCUT2D eigenvalue weighted by molar-refractivity contribution is -0.138. The van der Waals surface area contributed by atoms with Gasteiger partial charge in [0.2, 0.25) is 0 Å². The number of carboxylic acid groups (broad SMARTS) is 1. The molecule has 212 valence electrons. The van der Waals surface area contributed by atoms with Gasteiger partial charge >= 0.3 is 5.97 Å². The quantitative estimate of drug-likeness (QED) is 0.221. The highest BCUT2D eigenvalue weighted by Gasteiger charge is 2.77. The molecule has 41 heavy (non-hydrogen) atoms. The lowest BCUT2D eigenvalue weighted by atomic mass is 9.68. The zero-order valence-corrected chi connectivity index (χ0v) is 24.0. The van der Waals surface area contributed by atoms with E-state index in [1.807, 2.05) is 0 Å². The number of halogens is 3. The first-order chi connectivity index (χ1) is 19.7. The van der Waals surface area contributed by atoms with E-state index in [-0.39, 0.29) is 28.5 Å². The van der Waals surface area contributed by atoms with Crippen LogP contribution in [0.1, 0.15) is 71.1 Å². The van der Waals surface area contributed by atoms with E-state index in [4.69, 9.17) is 32.5 Å². The molecule has 4 saturated carbocycles. The van der Waals surface area contributed by atoms with Crippen LogP contribution in [0.5, 0.6) is 0 Å². The van der Waals surface area contributed by atoms with Crippen molar-refractivity contribution in [3.63, 3.8) is 0 Å². The van der Waals surface area contributed by atoms with Crippen LogP contribution in [-0.4, -0.2) is 32.4 Å². The first kappa shape index (κ1) is 26.1. The number of benzene rings is 2. The second-order valence-corrected chi connectivity index (χ2v) is 13.8. The average molecular weight is 616 g/mol. The molecule has 2 aromatic heterocycles. The Balaban J connectivity index is 1.08. The average Bonchev–Trinajstić information content (AvgIpc) is 3.78. The fourth-order valence-electron chi connectivity index (χ4n) is 7.60. The third-order valence-electron chi connectivity index (χ3n) is 9.74. The summed E-state index contributed by atoms with van der Waals surface area (Å²) in [6.07, 6.45) is 5.01. The molecular weight excluding hydrogens is 590 g/mol. The molecule has 5 atom stereocenters. The second-order valence-electron chi connectivity index (χ2n) is 12.0. The van der Waals surface area contributed by atoms with Crippen LogP contribution in [0.15, 0.2) is 34.9 Å². The molecule has 2 aromatic carbocycles. The van der Waals surface area contributed by atoms with Crippen LogP contribution in [-0.2, 0) is 16.9 Å². The molecule has 0 radical (unpaired) electrons. The normalized spacial score (nSPS) is 30.1. The number of carbonyl (C=O) groups is 1. The molecule has 2 bridgehead atoms. The maximum Gasteiger partial charge on any atom is 0.335 e. The predicted molar refractivity (Wildman–Crippen MR) is 151 cm³/mol. The van der Waals surface area contributed by atoms with E-state index in [9.17, 15) is 19.4 Å². The van der Waals surface area contributed by atoms with Gasteiger partial charge in [-0.05, 0) is 74.6 Å². The molecule has 4 aromatic rings. The van der Waals surface area contributed by atoms with E-state index >= 15 is 0 Å². The maximum atomic E-state index is 14.8. The molecule has 0 aliphatic heterocycles. The molecular formula is C30H25Cl2FN2O5S. The van der Waals surface area contributed by atoms with Gasteiger partial charge < -0.3 is 19.5 Å². The van der Waals surface area contributed by atoms with Crippen LogP contribution in [0.4, 0.5) is 4.39 Å². The van der Waals surface area contributed by atoms with Gasteiger partial charge in [0.15, 0.2) is 5.82 Å². The van der Waals surface area contributed by atoms with Gasteiger partial charge in [0.25, 0.3) is 0 Å². The monoisotopic (exact) mass is 614 g/mol. The summed E-state index contributed by atoms with van der Waals surface area (Å²) in [5.74, 6) is -0.481. The summed E-state index contributed by atoms with van der Waals surface area (Å²) in [6.45, 7) is 0.299. The van der Waals surface area contributed by atoms with E-state index in [2.05, 4.69) is 10.1 Å². The van der Waals surface area contributed by atoms with Crippen LogP contribution < -0.4 is 0 Å². The summed E-state index contributed by atoms with van der Waals surface area (Å²) < 4.78 is 27.6. The number of aromatic nitrogens is 2. The number of ether oxygens (including phenoxy) is 1. The van der Waals surface area contributed by atoms with Crippen molar-refractivity contribution in [1.29, 1.82) is 0 Å². The standard InChI is InChI=1S/C30H25Cl2FN2O5S/c31-19-2-1-3-20(32)23(19)24-18(26(40-35-24)13-4-5-13)12-39-17-9-15-8-16-10-29(16,11-17)30(15,38)28-34-25-21(33)6-14(27(36)37)7-22(25)41-28/h1-3,6-7,13,15-17,38H,4-5,8-12H2,(H,36,37)/t15-,16?,17-,29-,30-/m1/s1. The summed E-state index contributed by atoms with van der Waals surface area (Å²) in [5.41, 5.74) is 0.525. The van der Waals surface area contributed by atoms with E-state index < -0.39 is 17.4 Å². The summed E-state index contributed by atoms with van der Waals surface area (Å²) in [7, 11) is 0. The molecule has 2 heterocycles. The first-order valence-corrected chi connectivity index (χ1v) is 15.4. The molecule has 8 rings (SSSR count). The van der Waals surface area contributed by atoms with Gasteiger partial charge in [0.05, 0.1) is 33.0 Å². The largest absolute Gasteiger partial charge is 0.478 e. The Kier molecular flexibility index (Phi) is 5.71. The highest BCUT2D eigenvalue weighted by atomic mass is 35.5. The van der Waals surface area contributed by atoms with E-state index in [0.29, 0.717) is 62.3 Å². The smallest absolute Gasteiger partial charge is 0.335 e. The number of aromatic carboxylic acids is 1. The van der Waals surface area contributed by atoms with Crippen molar-refractivity contribution in [1.82, 2.24) is 10.1 Å². The van der Waals surface area contributed by atoms with Gasteiger partial charge in [-0.1, -0.05) is 34.4 Å². The first-order valence-electron chi connectivity index (χ1n) is 13.8. The molecule has 0 saturated heterocycles. The van der Waals surface area contributed by atoms with Crippen molar-refractivity contribution in [3.05, 3.63) is 68.1 Å². The molecule has 1 unspecified atom stereocenters. The molecule has 2 N–H and O–H groups in total.